The van der Waals surface area contributed by atoms with Crippen molar-refractivity contribution in [3.8, 4) is 11.3 Å². The number of carbonyl (C=O) groups excluding carboxylic acids is 3. The van der Waals surface area contributed by atoms with Gasteiger partial charge in [0.25, 0.3) is 11.8 Å². The molecule has 1 aromatic heterocycles. The van der Waals surface area contributed by atoms with Crippen LogP contribution in [0.5, 0.6) is 0 Å². The van der Waals surface area contributed by atoms with E-state index >= 15 is 0 Å². The van der Waals surface area contributed by atoms with Crippen LogP contribution in [0.15, 0.2) is 64.6 Å². The van der Waals surface area contributed by atoms with Gasteiger partial charge in [-0.25, -0.2) is 14.2 Å². The summed E-state index contributed by atoms with van der Waals surface area (Å²) in [5.41, 5.74) is 3.38. The summed E-state index contributed by atoms with van der Waals surface area (Å²) in [5, 5.41) is 1.28. The van der Waals surface area contributed by atoms with Gasteiger partial charge in [0.1, 0.15) is 22.9 Å². The quantitative estimate of drug-likeness (QED) is 0.351. The average molecular weight is 455 g/mol. The molecule has 0 bridgehead atoms. The Hall–Kier alpha value is -3.91. The standard InChI is InChI=1S/C23H16ClFN2O5/c1-2-31-23(30)17-11-13(3-9-19(17)24)20-10-8-16(32-20)12-18-21(28)26-27(22(18)29)15-6-4-14(25)5-7-15/h3-12H,2H2,1H3,(H,26,28). The molecule has 7 nitrogen and oxygen atoms in total. The van der Waals surface area contributed by atoms with Crippen molar-refractivity contribution in [2.24, 2.45) is 0 Å². The van der Waals surface area contributed by atoms with E-state index in [4.69, 9.17) is 20.8 Å². The molecule has 0 unspecified atom stereocenters. The number of esters is 1. The minimum Gasteiger partial charge on any atom is -0.462 e. The molecular weight excluding hydrogens is 439 g/mol. The minimum absolute atomic E-state index is 0.140. The number of amides is 2. The van der Waals surface area contributed by atoms with Crippen LogP contribution in [0.2, 0.25) is 5.02 Å². The van der Waals surface area contributed by atoms with Gasteiger partial charge >= 0.3 is 5.97 Å². The van der Waals surface area contributed by atoms with Crippen LogP contribution in [0.3, 0.4) is 0 Å². The first-order valence-corrected chi connectivity index (χ1v) is 9.94. The molecule has 9 heteroatoms. The van der Waals surface area contributed by atoms with Crippen LogP contribution in [0, 0.1) is 5.82 Å². The van der Waals surface area contributed by atoms with Crippen LogP contribution in [-0.2, 0) is 14.3 Å². The summed E-state index contributed by atoms with van der Waals surface area (Å²) >= 11 is 6.09. The van der Waals surface area contributed by atoms with E-state index in [1.807, 2.05) is 0 Å². The molecule has 3 aromatic rings. The van der Waals surface area contributed by atoms with Gasteiger partial charge in [-0.3, -0.25) is 15.0 Å². The number of anilines is 1. The van der Waals surface area contributed by atoms with Gasteiger partial charge in [-0.2, -0.15) is 0 Å². The summed E-state index contributed by atoms with van der Waals surface area (Å²) in [5.74, 6) is -1.57. The number of halogens is 2. The van der Waals surface area contributed by atoms with Crippen molar-refractivity contribution in [2.45, 2.75) is 6.92 Å². The van der Waals surface area contributed by atoms with Crippen molar-refractivity contribution < 1.29 is 27.9 Å². The molecule has 32 heavy (non-hydrogen) atoms. The molecule has 2 aromatic carbocycles. The third-order valence-electron chi connectivity index (χ3n) is 4.64. The third-order valence-corrected chi connectivity index (χ3v) is 4.97. The maximum atomic E-state index is 13.1. The number of benzene rings is 2. The fraction of sp³-hybridized carbons (Fsp3) is 0.0870. The number of hydrogen-bond acceptors (Lipinski definition) is 5. The number of hydrogen-bond donors (Lipinski definition) is 1. The smallest absolute Gasteiger partial charge is 0.339 e. The molecule has 0 spiro atoms. The summed E-state index contributed by atoms with van der Waals surface area (Å²) < 4.78 is 23.9. The van der Waals surface area contributed by atoms with E-state index in [9.17, 15) is 18.8 Å². The van der Waals surface area contributed by atoms with Gasteiger partial charge in [-0.1, -0.05) is 11.6 Å². The molecule has 2 heterocycles. The molecular formula is C23H16ClFN2O5. The van der Waals surface area contributed by atoms with Gasteiger partial charge in [0.05, 0.1) is 22.9 Å². The molecule has 2 amide bonds. The zero-order valence-electron chi connectivity index (χ0n) is 16.7. The predicted molar refractivity (Wildman–Crippen MR) is 115 cm³/mol. The molecule has 1 aliphatic rings. The van der Waals surface area contributed by atoms with Gasteiger partial charge in [0, 0.05) is 5.56 Å². The highest BCUT2D eigenvalue weighted by Gasteiger charge is 2.34. The molecule has 4 rings (SSSR count). The highest BCUT2D eigenvalue weighted by molar-refractivity contribution is 6.33. The minimum atomic E-state index is -0.617. The molecule has 0 aliphatic carbocycles. The molecule has 0 saturated carbocycles. The largest absolute Gasteiger partial charge is 0.462 e. The average Bonchev–Trinajstić information content (AvgIpc) is 3.35. The Morgan fingerprint density at radius 2 is 1.91 bits per heavy atom. The summed E-state index contributed by atoms with van der Waals surface area (Å²) in [6, 6.07) is 13.1. The lowest BCUT2D eigenvalue weighted by atomic mass is 10.1. The van der Waals surface area contributed by atoms with E-state index in [0.717, 1.165) is 5.01 Å². The lowest BCUT2D eigenvalue weighted by Crippen LogP contribution is -2.35. The van der Waals surface area contributed by atoms with Crippen LogP contribution in [-0.4, -0.2) is 24.4 Å². The number of nitrogens with zero attached hydrogens (tertiary/aromatic N) is 1. The number of nitrogens with one attached hydrogen (secondary N) is 1. The van der Waals surface area contributed by atoms with Gasteiger partial charge in [0.15, 0.2) is 0 Å². The second-order valence-corrected chi connectivity index (χ2v) is 7.14. The van der Waals surface area contributed by atoms with E-state index < -0.39 is 23.6 Å². The summed E-state index contributed by atoms with van der Waals surface area (Å²) in [4.78, 5) is 37.1. The Morgan fingerprint density at radius 3 is 2.62 bits per heavy atom. The first kappa shape index (κ1) is 21.3. The lowest BCUT2D eigenvalue weighted by Gasteiger charge is -2.14. The highest BCUT2D eigenvalue weighted by atomic mass is 35.5. The van der Waals surface area contributed by atoms with Crippen LogP contribution in [0.1, 0.15) is 23.0 Å². The van der Waals surface area contributed by atoms with Crippen molar-refractivity contribution in [1.29, 1.82) is 0 Å². The Morgan fingerprint density at radius 1 is 1.16 bits per heavy atom. The SMILES string of the molecule is CCOC(=O)c1cc(-c2ccc(C=C3C(=O)NN(c4ccc(F)cc4)C3=O)o2)ccc1Cl. The van der Waals surface area contributed by atoms with E-state index in [1.165, 1.54) is 30.3 Å². The van der Waals surface area contributed by atoms with Crippen molar-refractivity contribution in [3.63, 3.8) is 0 Å². The fourth-order valence-electron chi connectivity index (χ4n) is 3.10. The first-order chi connectivity index (χ1) is 15.4. The summed E-state index contributed by atoms with van der Waals surface area (Å²) in [6.07, 6.45) is 1.31. The monoisotopic (exact) mass is 454 g/mol. The second-order valence-electron chi connectivity index (χ2n) is 6.73. The molecule has 0 atom stereocenters. The van der Waals surface area contributed by atoms with E-state index in [0.29, 0.717) is 17.0 Å². The number of ether oxygens (including phenoxy) is 1. The normalized spacial score (nSPS) is 14.7. The summed E-state index contributed by atoms with van der Waals surface area (Å²) in [6.45, 7) is 1.91. The van der Waals surface area contributed by atoms with E-state index in [-0.39, 0.29) is 28.5 Å². The second kappa shape index (κ2) is 8.68. The Balaban J connectivity index is 1.60. The van der Waals surface area contributed by atoms with Crippen molar-refractivity contribution in [3.05, 3.63) is 82.3 Å². The molecule has 1 fully saturated rings. The molecule has 1 aliphatic heterocycles. The van der Waals surface area contributed by atoms with Crippen LogP contribution < -0.4 is 10.4 Å². The fourth-order valence-corrected chi connectivity index (χ4v) is 3.30. The van der Waals surface area contributed by atoms with Gasteiger partial charge in [-0.05, 0) is 67.6 Å². The topological polar surface area (TPSA) is 88.9 Å². The van der Waals surface area contributed by atoms with Crippen LogP contribution >= 0.6 is 11.6 Å². The molecule has 1 N–H and O–H groups in total. The maximum absolute atomic E-state index is 13.1. The van der Waals surface area contributed by atoms with E-state index in [1.54, 1.807) is 37.3 Å². The number of rotatable bonds is 5. The van der Waals surface area contributed by atoms with Crippen LogP contribution in [0.25, 0.3) is 17.4 Å². The molecule has 1 saturated heterocycles. The predicted octanol–water partition coefficient (Wildman–Crippen LogP) is 4.38. The number of hydrazine groups is 1. The zero-order valence-corrected chi connectivity index (χ0v) is 17.5. The molecule has 162 valence electrons. The third kappa shape index (κ3) is 4.13. The highest BCUT2D eigenvalue weighted by Crippen LogP contribution is 2.29. The zero-order chi connectivity index (χ0) is 22.8. The lowest BCUT2D eigenvalue weighted by molar-refractivity contribution is -0.117. The summed E-state index contributed by atoms with van der Waals surface area (Å²) in [7, 11) is 0. The van der Waals surface area contributed by atoms with Crippen molar-refractivity contribution in [1.82, 2.24) is 5.43 Å². The van der Waals surface area contributed by atoms with Crippen LogP contribution in [0.4, 0.5) is 10.1 Å². The Kier molecular flexibility index (Phi) is 5.79. The number of furan rings is 1. The van der Waals surface area contributed by atoms with Gasteiger partial charge < -0.3 is 9.15 Å². The van der Waals surface area contributed by atoms with Crippen molar-refractivity contribution in [2.75, 3.05) is 11.6 Å². The first-order valence-electron chi connectivity index (χ1n) is 9.57. The van der Waals surface area contributed by atoms with Crippen molar-refractivity contribution >= 4 is 41.1 Å². The molecule has 0 radical (unpaired) electrons. The Bertz CT molecular complexity index is 1250. The number of carbonyl (C=O) groups is 3. The maximum Gasteiger partial charge on any atom is 0.339 e. The van der Waals surface area contributed by atoms with Gasteiger partial charge in [-0.15, -0.1) is 0 Å². The Labute approximate surface area is 187 Å². The van der Waals surface area contributed by atoms with Gasteiger partial charge in [0.2, 0.25) is 0 Å². The van der Waals surface area contributed by atoms with E-state index in [2.05, 4.69) is 5.43 Å².